The Morgan fingerprint density at radius 1 is 1.25 bits per heavy atom. The van der Waals surface area contributed by atoms with Gasteiger partial charge in [-0.05, 0) is 45.2 Å². The van der Waals surface area contributed by atoms with E-state index in [1.165, 1.54) is 37.8 Å². The fourth-order valence-corrected chi connectivity index (χ4v) is 3.96. The summed E-state index contributed by atoms with van der Waals surface area (Å²) in [5, 5.41) is 13.5. The number of hydrogen-bond donors (Lipinski definition) is 2. The maximum Gasteiger partial charge on any atom is 0.122 e. The molecule has 110 valence electrons. The van der Waals surface area contributed by atoms with Crippen LogP contribution < -0.4 is 10.2 Å². The van der Waals surface area contributed by atoms with E-state index in [0.29, 0.717) is 11.8 Å². The molecule has 3 unspecified atom stereocenters. The van der Waals surface area contributed by atoms with Crippen LogP contribution in [0, 0.1) is 5.92 Å². The topological polar surface area (TPSA) is 35.5 Å². The summed E-state index contributed by atoms with van der Waals surface area (Å²) in [5.41, 5.74) is 2.18. The number of anilines is 1. The van der Waals surface area contributed by atoms with Crippen molar-refractivity contribution in [2.45, 2.75) is 51.1 Å². The highest BCUT2D eigenvalue weighted by Crippen LogP contribution is 2.40. The lowest BCUT2D eigenvalue weighted by atomic mass is 9.85. The number of fused-ring (bicyclic) bond motifs is 1. The van der Waals surface area contributed by atoms with Crippen LogP contribution in [0.1, 0.15) is 50.6 Å². The highest BCUT2D eigenvalue weighted by atomic mass is 16.3. The molecule has 2 fully saturated rings. The van der Waals surface area contributed by atoms with Crippen molar-refractivity contribution in [3.8, 4) is 5.75 Å². The number of aromatic hydroxyl groups is 1. The van der Waals surface area contributed by atoms with E-state index in [4.69, 9.17) is 0 Å². The first-order chi connectivity index (χ1) is 9.70. The zero-order chi connectivity index (χ0) is 14.1. The first-order valence-electron chi connectivity index (χ1n) is 7.97. The molecule has 1 heterocycles. The van der Waals surface area contributed by atoms with Gasteiger partial charge >= 0.3 is 0 Å². The molecule has 2 aliphatic rings. The van der Waals surface area contributed by atoms with E-state index in [2.05, 4.69) is 29.3 Å². The summed E-state index contributed by atoms with van der Waals surface area (Å²) < 4.78 is 0. The van der Waals surface area contributed by atoms with Crippen LogP contribution in [0.4, 0.5) is 5.69 Å². The van der Waals surface area contributed by atoms with E-state index in [0.717, 1.165) is 18.0 Å². The molecule has 1 aromatic carbocycles. The minimum absolute atomic E-state index is 0.185. The van der Waals surface area contributed by atoms with E-state index in [9.17, 15) is 5.11 Å². The van der Waals surface area contributed by atoms with Crippen molar-refractivity contribution in [2.24, 2.45) is 5.92 Å². The van der Waals surface area contributed by atoms with Crippen molar-refractivity contribution in [3.63, 3.8) is 0 Å². The van der Waals surface area contributed by atoms with Gasteiger partial charge in [0, 0.05) is 35.9 Å². The van der Waals surface area contributed by atoms with Gasteiger partial charge in [-0.1, -0.05) is 18.9 Å². The van der Waals surface area contributed by atoms with Crippen LogP contribution in [0.5, 0.6) is 5.75 Å². The maximum absolute atomic E-state index is 10.3. The SMILES string of the molecule is CNC(C)c1ccc(N2CCC3CCCCC32)cc1O. The summed E-state index contributed by atoms with van der Waals surface area (Å²) in [6.45, 7) is 3.22. The molecule has 0 aromatic heterocycles. The third kappa shape index (κ3) is 2.39. The van der Waals surface area contributed by atoms with E-state index in [1.807, 2.05) is 13.1 Å². The third-order valence-electron chi connectivity index (χ3n) is 5.26. The summed E-state index contributed by atoms with van der Waals surface area (Å²) >= 11 is 0. The molecule has 3 atom stereocenters. The molecule has 0 bridgehead atoms. The van der Waals surface area contributed by atoms with Crippen LogP contribution in [0.25, 0.3) is 0 Å². The van der Waals surface area contributed by atoms with Crippen LogP contribution in [0.15, 0.2) is 18.2 Å². The minimum atomic E-state index is 0.185. The first-order valence-corrected chi connectivity index (χ1v) is 7.97. The zero-order valence-electron chi connectivity index (χ0n) is 12.6. The predicted molar refractivity (Wildman–Crippen MR) is 83.3 cm³/mol. The van der Waals surface area contributed by atoms with Gasteiger partial charge in [0.2, 0.25) is 0 Å². The zero-order valence-corrected chi connectivity index (χ0v) is 12.6. The van der Waals surface area contributed by atoms with E-state index < -0.39 is 0 Å². The molecule has 3 heteroatoms. The molecular weight excluding hydrogens is 248 g/mol. The monoisotopic (exact) mass is 274 g/mol. The van der Waals surface area contributed by atoms with Crippen LogP contribution in [0.2, 0.25) is 0 Å². The summed E-state index contributed by atoms with van der Waals surface area (Å²) in [4.78, 5) is 2.53. The average molecular weight is 274 g/mol. The molecule has 1 saturated heterocycles. The molecule has 2 N–H and O–H groups in total. The van der Waals surface area contributed by atoms with Gasteiger partial charge in [0.25, 0.3) is 0 Å². The standard InChI is InChI=1S/C17H26N2O/c1-12(18-2)15-8-7-14(11-17(15)20)19-10-9-13-5-3-4-6-16(13)19/h7-8,11-13,16,18,20H,3-6,9-10H2,1-2H3. The lowest BCUT2D eigenvalue weighted by Gasteiger charge is -2.33. The van der Waals surface area contributed by atoms with Crippen molar-refractivity contribution in [1.29, 1.82) is 0 Å². The van der Waals surface area contributed by atoms with Gasteiger partial charge in [-0.2, -0.15) is 0 Å². The van der Waals surface area contributed by atoms with Gasteiger partial charge in [-0.3, -0.25) is 0 Å². The Labute approximate surface area is 122 Å². The molecule has 1 aliphatic carbocycles. The number of rotatable bonds is 3. The van der Waals surface area contributed by atoms with Crippen molar-refractivity contribution in [2.75, 3.05) is 18.5 Å². The van der Waals surface area contributed by atoms with Crippen LogP contribution in [0.3, 0.4) is 0 Å². The summed E-state index contributed by atoms with van der Waals surface area (Å²) in [6, 6.07) is 7.10. The molecule has 0 spiro atoms. The first kappa shape index (κ1) is 13.7. The fraction of sp³-hybridized carbons (Fsp3) is 0.647. The largest absolute Gasteiger partial charge is 0.508 e. The number of nitrogens with zero attached hydrogens (tertiary/aromatic N) is 1. The smallest absolute Gasteiger partial charge is 0.122 e. The lowest BCUT2D eigenvalue weighted by molar-refractivity contribution is 0.342. The molecule has 1 saturated carbocycles. The van der Waals surface area contributed by atoms with Gasteiger partial charge in [-0.15, -0.1) is 0 Å². The van der Waals surface area contributed by atoms with Crippen LogP contribution >= 0.6 is 0 Å². The number of hydrogen-bond acceptors (Lipinski definition) is 3. The van der Waals surface area contributed by atoms with Gasteiger partial charge < -0.3 is 15.3 Å². The molecule has 20 heavy (non-hydrogen) atoms. The second-order valence-electron chi connectivity index (χ2n) is 6.35. The summed E-state index contributed by atoms with van der Waals surface area (Å²) in [7, 11) is 1.92. The Kier molecular flexibility index (Phi) is 3.88. The number of benzene rings is 1. The number of phenols is 1. The second kappa shape index (κ2) is 5.65. The molecule has 0 amide bonds. The van der Waals surface area contributed by atoms with Crippen molar-refractivity contribution < 1.29 is 5.11 Å². The van der Waals surface area contributed by atoms with Crippen molar-refractivity contribution in [1.82, 2.24) is 5.32 Å². The quantitative estimate of drug-likeness (QED) is 0.886. The Balaban J connectivity index is 1.82. The highest BCUT2D eigenvalue weighted by molar-refractivity contribution is 5.55. The van der Waals surface area contributed by atoms with Gasteiger partial charge in [0.05, 0.1) is 0 Å². The molecular formula is C17H26N2O. The lowest BCUT2D eigenvalue weighted by Crippen LogP contribution is -2.34. The highest BCUT2D eigenvalue weighted by Gasteiger charge is 2.35. The molecule has 3 rings (SSSR count). The normalized spacial score (nSPS) is 27.4. The Hall–Kier alpha value is -1.22. The fourth-order valence-electron chi connectivity index (χ4n) is 3.96. The number of phenolic OH excluding ortho intramolecular Hbond substituents is 1. The third-order valence-corrected chi connectivity index (χ3v) is 5.26. The molecule has 0 radical (unpaired) electrons. The maximum atomic E-state index is 10.3. The van der Waals surface area contributed by atoms with Crippen LogP contribution in [-0.4, -0.2) is 24.7 Å². The second-order valence-corrected chi connectivity index (χ2v) is 6.35. The Morgan fingerprint density at radius 3 is 2.80 bits per heavy atom. The summed E-state index contributed by atoms with van der Waals surface area (Å²) in [6.07, 6.45) is 6.79. The van der Waals surface area contributed by atoms with Crippen molar-refractivity contribution in [3.05, 3.63) is 23.8 Å². The predicted octanol–water partition coefficient (Wildman–Crippen LogP) is 3.44. The van der Waals surface area contributed by atoms with E-state index >= 15 is 0 Å². The molecule has 1 aromatic rings. The summed E-state index contributed by atoms with van der Waals surface area (Å²) in [5.74, 6) is 1.30. The van der Waals surface area contributed by atoms with Gasteiger partial charge in [0.1, 0.15) is 5.75 Å². The average Bonchev–Trinajstić information content (AvgIpc) is 2.90. The van der Waals surface area contributed by atoms with Gasteiger partial charge in [0.15, 0.2) is 0 Å². The van der Waals surface area contributed by atoms with E-state index in [-0.39, 0.29) is 6.04 Å². The van der Waals surface area contributed by atoms with Gasteiger partial charge in [-0.25, -0.2) is 0 Å². The van der Waals surface area contributed by atoms with E-state index in [1.54, 1.807) is 0 Å². The van der Waals surface area contributed by atoms with Crippen LogP contribution in [-0.2, 0) is 0 Å². The molecule has 1 aliphatic heterocycles. The number of nitrogens with one attached hydrogen (secondary N) is 1. The van der Waals surface area contributed by atoms with Crippen molar-refractivity contribution >= 4 is 5.69 Å². The Morgan fingerprint density at radius 2 is 2.05 bits per heavy atom. The minimum Gasteiger partial charge on any atom is -0.508 e. The Bertz CT molecular complexity index is 474. The molecule has 3 nitrogen and oxygen atoms in total.